The molecule has 4 rings (SSSR count). The topological polar surface area (TPSA) is 40.5 Å². The van der Waals surface area contributed by atoms with Crippen molar-refractivity contribution in [3.63, 3.8) is 0 Å². The largest absolute Gasteiger partial charge is 0.508 e. The van der Waals surface area contributed by atoms with Crippen LogP contribution in [-0.4, -0.2) is 10.2 Å². The van der Waals surface area contributed by atoms with E-state index in [1.165, 1.54) is 25.7 Å². The minimum Gasteiger partial charge on any atom is -0.508 e. The van der Waals surface area contributed by atoms with E-state index in [0.717, 1.165) is 11.1 Å². The molecule has 2 bridgehead atoms. The first-order chi connectivity index (χ1) is 7.24. The number of hydrogen-bond acceptors (Lipinski definition) is 2. The maximum atomic E-state index is 9.93. The molecule has 1 spiro atoms. The molecule has 0 radical (unpaired) electrons. The van der Waals surface area contributed by atoms with E-state index in [0.29, 0.717) is 28.7 Å². The Balaban J connectivity index is 2.04. The molecule has 2 nitrogen and oxygen atoms in total. The minimum atomic E-state index is 0.404. The lowest BCUT2D eigenvalue weighted by molar-refractivity contribution is 0.433. The lowest BCUT2D eigenvalue weighted by atomic mass is 9.90. The molecule has 0 aromatic heterocycles. The highest BCUT2D eigenvalue weighted by Crippen LogP contribution is 2.77. The molecule has 3 aliphatic rings. The van der Waals surface area contributed by atoms with E-state index in [1.807, 2.05) is 0 Å². The van der Waals surface area contributed by atoms with E-state index in [9.17, 15) is 10.2 Å². The molecule has 3 aliphatic carbocycles. The highest BCUT2D eigenvalue weighted by Gasteiger charge is 2.65. The predicted octanol–water partition coefficient (Wildman–Crippen LogP) is 2.85. The zero-order chi connectivity index (χ0) is 10.2. The van der Waals surface area contributed by atoms with Crippen LogP contribution in [0.1, 0.15) is 48.6 Å². The summed E-state index contributed by atoms with van der Waals surface area (Å²) in [5, 5.41) is 19.9. The molecular weight excluding hydrogens is 188 g/mol. The van der Waals surface area contributed by atoms with E-state index in [2.05, 4.69) is 0 Å². The Bertz CT molecular complexity index is 421. The fourth-order valence-electron chi connectivity index (χ4n) is 4.20. The van der Waals surface area contributed by atoms with Crippen molar-refractivity contribution >= 4 is 0 Å². The van der Waals surface area contributed by atoms with Crippen molar-refractivity contribution in [2.24, 2.45) is 5.41 Å². The third-order valence-electron chi connectivity index (χ3n) is 4.90. The molecule has 2 atom stereocenters. The Labute approximate surface area is 88.6 Å². The molecule has 1 aromatic carbocycles. The van der Waals surface area contributed by atoms with Gasteiger partial charge in [0.1, 0.15) is 11.5 Å². The van der Waals surface area contributed by atoms with Crippen molar-refractivity contribution in [3.05, 3.63) is 23.3 Å². The number of hydrogen-bond donors (Lipinski definition) is 2. The van der Waals surface area contributed by atoms with Crippen molar-refractivity contribution in [2.75, 3.05) is 0 Å². The molecular formula is C13H14O2. The van der Waals surface area contributed by atoms with Crippen LogP contribution in [0.4, 0.5) is 0 Å². The van der Waals surface area contributed by atoms with E-state index in [1.54, 1.807) is 12.1 Å². The summed E-state index contributed by atoms with van der Waals surface area (Å²) < 4.78 is 0. The molecule has 2 saturated carbocycles. The van der Waals surface area contributed by atoms with Gasteiger partial charge in [-0.05, 0) is 55.1 Å². The molecule has 0 amide bonds. The predicted molar refractivity (Wildman–Crippen MR) is 56.2 cm³/mol. The fraction of sp³-hybridized carbons (Fsp3) is 0.538. The van der Waals surface area contributed by atoms with Crippen LogP contribution in [0.5, 0.6) is 11.5 Å². The standard InChI is InChI=1S/C13H14O2/c14-9-3-4-10(15)12-8-2-1-7(11(9)12)13(8)5-6-13/h3-4,7-8,14-15H,1-2,5-6H2. The highest BCUT2D eigenvalue weighted by atomic mass is 16.3. The van der Waals surface area contributed by atoms with Gasteiger partial charge in [-0.1, -0.05) is 0 Å². The molecule has 2 heteroatoms. The molecule has 1 aromatic rings. The minimum absolute atomic E-state index is 0.404. The van der Waals surface area contributed by atoms with Crippen molar-refractivity contribution in [1.29, 1.82) is 0 Å². The Morgan fingerprint density at radius 3 is 1.80 bits per heavy atom. The van der Waals surface area contributed by atoms with Crippen LogP contribution in [0.15, 0.2) is 12.1 Å². The molecule has 0 heterocycles. The number of aromatic hydroxyl groups is 2. The third-order valence-corrected chi connectivity index (χ3v) is 4.90. The number of benzene rings is 1. The summed E-state index contributed by atoms with van der Waals surface area (Å²) in [6.45, 7) is 0. The average Bonchev–Trinajstić information content (AvgIpc) is 2.88. The van der Waals surface area contributed by atoms with Crippen LogP contribution in [0.25, 0.3) is 0 Å². The van der Waals surface area contributed by atoms with Gasteiger partial charge < -0.3 is 10.2 Å². The van der Waals surface area contributed by atoms with Crippen LogP contribution in [0.3, 0.4) is 0 Å². The molecule has 0 saturated heterocycles. The molecule has 2 N–H and O–H groups in total. The molecule has 2 unspecified atom stereocenters. The third kappa shape index (κ3) is 0.715. The number of rotatable bonds is 0. The van der Waals surface area contributed by atoms with Crippen molar-refractivity contribution in [2.45, 2.75) is 37.5 Å². The second-order valence-corrected chi connectivity index (χ2v) is 5.35. The van der Waals surface area contributed by atoms with Gasteiger partial charge in [0.2, 0.25) is 0 Å². The molecule has 2 fully saturated rings. The van der Waals surface area contributed by atoms with Crippen molar-refractivity contribution in [3.8, 4) is 11.5 Å². The zero-order valence-corrected chi connectivity index (χ0v) is 8.53. The summed E-state index contributed by atoms with van der Waals surface area (Å²) in [5.74, 6) is 1.87. The fourth-order valence-corrected chi connectivity index (χ4v) is 4.20. The van der Waals surface area contributed by atoms with Crippen LogP contribution in [0.2, 0.25) is 0 Å². The second-order valence-electron chi connectivity index (χ2n) is 5.35. The monoisotopic (exact) mass is 202 g/mol. The summed E-state index contributed by atoms with van der Waals surface area (Å²) in [5.41, 5.74) is 2.59. The van der Waals surface area contributed by atoms with E-state index in [-0.39, 0.29) is 0 Å². The van der Waals surface area contributed by atoms with Gasteiger partial charge >= 0.3 is 0 Å². The first-order valence-corrected chi connectivity index (χ1v) is 5.79. The molecule has 78 valence electrons. The Morgan fingerprint density at radius 2 is 1.40 bits per heavy atom. The highest BCUT2D eigenvalue weighted by molar-refractivity contribution is 5.59. The quantitative estimate of drug-likeness (QED) is 0.635. The summed E-state index contributed by atoms with van der Waals surface area (Å²) in [7, 11) is 0. The second kappa shape index (κ2) is 2.16. The van der Waals surface area contributed by atoms with Gasteiger partial charge in [-0.3, -0.25) is 0 Å². The smallest absolute Gasteiger partial charge is 0.119 e. The normalized spacial score (nSPS) is 33.3. The Kier molecular flexibility index (Phi) is 1.15. The molecule has 15 heavy (non-hydrogen) atoms. The van der Waals surface area contributed by atoms with E-state index in [4.69, 9.17) is 0 Å². The number of phenolic OH excluding ortho intramolecular Hbond substituents is 2. The van der Waals surface area contributed by atoms with Gasteiger partial charge in [-0.15, -0.1) is 0 Å². The Morgan fingerprint density at radius 1 is 0.933 bits per heavy atom. The van der Waals surface area contributed by atoms with Crippen LogP contribution in [-0.2, 0) is 0 Å². The number of phenols is 2. The SMILES string of the molecule is Oc1ccc(O)c2c1C1CCC2C12CC2. The maximum absolute atomic E-state index is 9.93. The summed E-state index contributed by atoms with van der Waals surface area (Å²) >= 11 is 0. The van der Waals surface area contributed by atoms with E-state index >= 15 is 0 Å². The summed E-state index contributed by atoms with van der Waals surface area (Å²) in [4.78, 5) is 0. The van der Waals surface area contributed by atoms with Gasteiger partial charge in [0.15, 0.2) is 0 Å². The van der Waals surface area contributed by atoms with Crippen LogP contribution >= 0.6 is 0 Å². The van der Waals surface area contributed by atoms with Gasteiger partial charge in [-0.25, -0.2) is 0 Å². The molecule has 0 aliphatic heterocycles. The van der Waals surface area contributed by atoms with E-state index < -0.39 is 0 Å². The average molecular weight is 202 g/mol. The summed E-state index contributed by atoms with van der Waals surface area (Å²) in [6.07, 6.45) is 4.98. The lowest BCUT2D eigenvalue weighted by Gasteiger charge is -2.16. The Hall–Kier alpha value is -1.18. The van der Waals surface area contributed by atoms with Crippen molar-refractivity contribution < 1.29 is 10.2 Å². The van der Waals surface area contributed by atoms with Gasteiger partial charge in [0.25, 0.3) is 0 Å². The van der Waals surface area contributed by atoms with Gasteiger partial charge in [-0.2, -0.15) is 0 Å². The number of fused-ring (bicyclic) bond motifs is 3. The summed E-state index contributed by atoms with van der Waals surface area (Å²) in [6, 6.07) is 3.29. The zero-order valence-electron chi connectivity index (χ0n) is 8.53. The maximum Gasteiger partial charge on any atom is 0.119 e. The van der Waals surface area contributed by atoms with Gasteiger partial charge in [0.05, 0.1) is 0 Å². The first-order valence-electron chi connectivity index (χ1n) is 5.79. The van der Waals surface area contributed by atoms with Gasteiger partial charge in [0, 0.05) is 11.1 Å². The first kappa shape index (κ1) is 8.03. The van der Waals surface area contributed by atoms with Crippen molar-refractivity contribution in [1.82, 2.24) is 0 Å². The van der Waals surface area contributed by atoms with Crippen LogP contribution < -0.4 is 0 Å². The van der Waals surface area contributed by atoms with Crippen LogP contribution in [0, 0.1) is 5.41 Å². The lowest BCUT2D eigenvalue weighted by Crippen LogP contribution is -2.02.